The lowest BCUT2D eigenvalue weighted by atomic mass is 10.0. The van der Waals surface area contributed by atoms with Gasteiger partial charge in [-0.15, -0.1) is 0 Å². The molecule has 0 atom stereocenters. The van der Waals surface area contributed by atoms with Crippen molar-refractivity contribution in [3.8, 4) is 16.8 Å². The van der Waals surface area contributed by atoms with Crippen molar-refractivity contribution in [2.45, 2.75) is 0 Å². The number of fused-ring (bicyclic) bond motifs is 7. The number of rotatable bonds is 2. The zero-order chi connectivity index (χ0) is 24.5. The van der Waals surface area contributed by atoms with E-state index in [1.807, 2.05) is 36.4 Å². The first-order valence-electron chi connectivity index (χ1n) is 12.2. The highest BCUT2D eigenvalue weighted by Crippen LogP contribution is 2.36. The molecule has 5 aromatic carbocycles. The third-order valence-corrected chi connectivity index (χ3v) is 8.17. The van der Waals surface area contributed by atoms with Crippen LogP contribution < -0.4 is 5.56 Å². The highest BCUT2D eigenvalue weighted by Gasteiger charge is 2.15. The fourth-order valence-corrected chi connectivity index (χ4v) is 6.52. The van der Waals surface area contributed by atoms with Gasteiger partial charge >= 0.3 is 0 Å². The number of hydrogen-bond acceptors (Lipinski definition) is 3. The van der Waals surface area contributed by atoms with Crippen LogP contribution in [-0.4, -0.2) is 14.0 Å². The second kappa shape index (κ2) is 7.63. The maximum absolute atomic E-state index is 13.2. The van der Waals surface area contributed by atoms with Crippen LogP contribution in [0.25, 0.3) is 64.7 Å². The maximum atomic E-state index is 13.2. The van der Waals surface area contributed by atoms with Crippen molar-refractivity contribution in [3.05, 3.63) is 126 Å². The van der Waals surface area contributed by atoms with Crippen molar-refractivity contribution >= 4 is 59.2 Å². The summed E-state index contributed by atoms with van der Waals surface area (Å²) in [6.07, 6.45) is 0. The molecule has 37 heavy (non-hydrogen) atoms. The Bertz CT molecular complexity index is 2220. The summed E-state index contributed by atoms with van der Waals surface area (Å²) in [5.41, 5.74) is 7.41. The van der Waals surface area contributed by atoms with E-state index in [1.54, 1.807) is 15.7 Å². The van der Waals surface area contributed by atoms with Crippen LogP contribution in [0.5, 0.6) is 0 Å². The SMILES string of the molecule is O=c1c2ccccc2nc2sc3cc(-c4ccc5c(c4)c4ccccc4n5-c4ccccc4)ccc3n12. The number of hydrogen-bond donors (Lipinski definition) is 0. The topological polar surface area (TPSA) is 39.3 Å². The molecule has 0 radical (unpaired) electrons. The lowest BCUT2D eigenvalue weighted by molar-refractivity contribution is 1.16. The minimum Gasteiger partial charge on any atom is -0.309 e. The summed E-state index contributed by atoms with van der Waals surface area (Å²) >= 11 is 1.55. The first-order chi connectivity index (χ1) is 18.3. The van der Waals surface area contributed by atoms with Crippen molar-refractivity contribution < 1.29 is 0 Å². The summed E-state index contributed by atoms with van der Waals surface area (Å²) in [4.78, 5) is 18.7. The number of aromatic nitrogens is 3. The molecule has 174 valence electrons. The van der Waals surface area contributed by atoms with Gasteiger partial charge in [-0.25, -0.2) is 4.98 Å². The van der Waals surface area contributed by atoms with Crippen molar-refractivity contribution in [1.82, 2.24) is 14.0 Å². The standard InChI is InChI=1S/C32H19N3OS/c36-31-24-11-4-6-12-26(24)33-32-35(31)29-17-15-21(19-30(29)37-32)20-14-16-28-25(18-20)23-10-5-7-13-27(23)34(28)22-8-2-1-3-9-22/h1-19H. The molecule has 0 saturated heterocycles. The van der Waals surface area contributed by atoms with Crippen LogP contribution in [0.1, 0.15) is 0 Å². The Balaban J connectivity index is 1.35. The van der Waals surface area contributed by atoms with Gasteiger partial charge in [0, 0.05) is 16.5 Å². The quantitative estimate of drug-likeness (QED) is 0.246. The van der Waals surface area contributed by atoms with Gasteiger partial charge in [0.25, 0.3) is 5.56 Å². The van der Waals surface area contributed by atoms with E-state index in [4.69, 9.17) is 4.98 Å². The lowest BCUT2D eigenvalue weighted by Gasteiger charge is -2.08. The Hall–Kier alpha value is -4.74. The van der Waals surface area contributed by atoms with E-state index in [9.17, 15) is 4.79 Å². The van der Waals surface area contributed by atoms with Crippen LogP contribution in [0.15, 0.2) is 120 Å². The third-order valence-electron chi connectivity index (χ3n) is 7.17. The van der Waals surface area contributed by atoms with Crippen LogP contribution in [0.2, 0.25) is 0 Å². The van der Waals surface area contributed by atoms with Gasteiger partial charge in [0.15, 0.2) is 4.96 Å². The predicted octanol–water partition coefficient (Wildman–Crippen LogP) is 7.83. The van der Waals surface area contributed by atoms with Crippen molar-refractivity contribution in [1.29, 1.82) is 0 Å². The van der Waals surface area contributed by atoms with Crippen molar-refractivity contribution in [2.24, 2.45) is 0 Å². The van der Waals surface area contributed by atoms with Crippen LogP contribution in [0.4, 0.5) is 0 Å². The highest BCUT2D eigenvalue weighted by atomic mass is 32.1. The average molecular weight is 494 g/mol. The molecule has 3 heterocycles. The Morgan fingerprint density at radius 1 is 0.595 bits per heavy atom. The maximum Gasteiger partial charge on any atom is 0.266 e. The molecule has 0 aliphatic rings. The number of para-hydroxylation sites is 3. The Labute approximate surface area is 215 Å². The van der Waals surface area contributed by atoms with Crippen molar-refractivity contribution in [2.75, 3.05) is 0 Å². The fraction of sp³-hybridized carbons (Fsp3) is 0. The van der Waals surface area contributed by atoms with E-state index in [0.717, 1.165) is 37.5 Å². The second-order valence-corrected chi connectivity index (χ2v) is 10.3. The molecule has 0 N–H and O–H groups in total. The van der Waals surface area contributed by atoms with Crippen LogP contribution in [-0.2, 0) is 0 Å². The van der Waals surface area contributed by atoms with E-state index in [1.165, 1.54) is 21.8 Å². The molecule has 8 rings (SSSR count). The van der Waals surface area contributed by atoms with Gasteiger partial charge in [-0.3, -0.25) is 9.20 Å². The largest absolute Gasteiger partial charge is 0.309 e. The summed E-state index contributed by atoms with van der Waals surface area (Å²) in [6.45, 7) is 0. The van der Waals surface area contributed by atoms with Crippen molar-refractivity contribution in [3.63, 3.8) is 0 Å². The first kappa shape index (κ1) is 20.5. The molecule has 0 aliphatic carbocycles. The second-order valence-electron chi connectivity index (χ2n) is 9.26. The summed E-state index contributed by atoms with van der Waals surface area (Å²) in [5, 5.41) is 3.09. The Morgan fingerprint density at radius 3 is 2.14 bits per heavy atom. The van der Waals surface area contributed by atoms with Crippen LogP contribution >= 0.6 is 11.3 Å². The number of nitrogens with zero attached hydrogens (tertiary/aromatic N) is 3. The van der Waals surface area contributed by atoms with Crippen LogP contribution in [0, 0.1) is 0 Å². The molecule has 0 fully saturated rings. The molecule has 0 saturated carbocycles. The van der Waals surface area contributed by atoms with E-state index in [2.05, 4.69) is 83.4 Å². The molecule has 0 bridgehead atoms. The van der Waals surface area contributed by atoms with Crippen LogP contribution in [0.3, 0.4) is 0 Å². The predicted molar refractivity (Wildman–Crippen MR) is 154 cm³/mol. The third kappa shape index (κ3) is 2.95. The van der Waals surface area contributed by atoms with E-state index < -0.39 is 0 Å². The van der Waals surface area contributed by atoms with Gasteiger partial charge in [0.1, 0.15) is 0 Å². The van der Waals surface area contributed by atoms with E-state index >= 15 is 0 Å². The summed E-state index contributed by atoms with van der Waals surface area (Å²) < 4.78 is 5.11. The minimum atomic E-state index is -0.0188. The van der Waals surface area contributed by atoms with E-state index in [-0.39, 0.29) is 5.56 Å². The first-order valence-corrected chi connectivity index (χ1v) is 13.0. The smallest absolute Gasteiger partial charge is 0.266 e. The Kier molecular flexibility index (Phi) is 4.22. The molecule has 5 heteroatoms. The number of benzene rings is 5. The summed E-state index contributed by atoms with van der Waals surface area (Å²) in [5.74, 6) is 0. The lowest BCUT2D eigenvalue weighted by Crippen LogP contribution is -2.13. The molecule has 3 aromatic heterocycles. The minimum absolute atomic E-state index is 0.0188. The highest BCUT2D eigenvalue weighted by molar-refractivity contribution is 7.23. The molecule has 0 aliphatic heterocycles. The summed E-state index contributed by atoms with van der Waals surface area (Å²) in [7, 11) is 0. The molecular weight excluding hydrogens is 474 g/mol. The van der Waals surface area contributed by atoms with Gasteiger partial charge in [-0.1, -0.05) is 72.0 Å². The summed E-state index contributed by atoms with van der Waals surface area (Å²) in [6, 6.07) is 39.6. The molecule has 0 spiro atoms. The molecule has 0 unspecified atom stereocenters. The molecule has 0 amide bonds. The Morgan fingerprint density at radius 2 is 1.27 bits per heavy atom. The normalized spacial score (nSPS) is 11.9. The van der Waals surface area contributed by atoms with Gasteiger partial charge in [0.2, 0.25) is 0 Å². The van der Waals surface area contributed by atoms with Gasteiger partial charge < -0.3 is 4.57 Å². The van der Waals surface area contributed by atoms with E-state index in [0.29, 0.717) is 5.39 Å². The average Bonchev–Trinajstić information content (AvgIpc) is 3.48. The van der Waals surface area contributed by atoms with Gasteiger partial charge in [-0.2, -0.15) is 0 Å². The monoisotopic (exact) mass is 493 g/mol. The molecule has 4 nitrogen and oxygen atoms in total. The number of thiazole rings is 1. The molecular formula is C32H19N3OS. The molecule has 8 aromatic rings. The zero-order valence-electron chi connectivity index (χ0n) is 19.6. The van der Waals surface area contributed by atoms with Gasteiger partial charge in [-0.05, 0) is 65.7 Å². The fourth-order valence-electron chi connectivity index (χ4n) is 5.46. The zero-order valence-corrected chi connectivity index (χ0v) is 20.4. The van der Waals surface area contributed by atoms with Gasteiger partial charge in [0.05, 0.1) is 32.2 Å².